The summed E-state index contributed by atoms with van der Waals surface area (Å²) < 4.78 is 0. The van der Waals surface area contributed by atoms with Gasteiger partial charge < -0.3 is 16.2 Å². The van der Waals surface area contributed by atoms with E-state index in [1.165, 1.54) is 0 Å². The van der Waals surface area contributed by atoms with Gasteiger partial charge in [-0.1, -0.05) is 12.1 Å². The number of anilines is 1. The first-order chi connectivity index (χ1) is 6.63. The van der Waals surface area contributed by atoms with Crippen LogP contribution in [-0.4, -0.2) is 17.1 Å². The Bertz CT molecular complexity index is 306. The van der Waals surface area contributed by atoms with Gasteiger partial charge in [0.1, 0.15) is 0 Å². The number of aliphatic hydroxyl groups is 1. The number of carbonyl (C=O) groups excluding carboxylic acids is 1. The first-order valence-electron chi connectivity index (χ1n) is 4.39. The highest BCUT2D eigenvalue weighted by Crippen LogP contribution is 2.09. The van der Waals surface area contributed by atoms with Gasteiger partial charge in [-0.15, -0.1) is 0 Å². The maximum atomic E-state index is 11.2. The van der Waals surface area contributed by atoms with E-state index < -0.39 is 6.04 Å². The molecule has 1 amide bonds. The second kappa shape index (κ2) is 4.74. The summed E-state index contributed by atoms with van der Waals surface area (Å²) in [6, 6.07) is 6.43. The van der Waals surface area contributed by atoms with Gasteiger partial charge in [-0.3, -0.25) is 4.79 Å². The average Bonchev–Trinajstić information content (AvgIpc) is 2.19. The standard InChI is InChI=1S/C10H14N2O2/c1-7(11)10(14)12-9-4-2-8(6-13)3-5-9/h2-5,7,13H,6,11H2,1H3,(H,12,14)/t7-/m0/s1. The van der Waals surface area contributed by atoms with Crippen LogP contribution in [0, 0.1) is 0 Å². The molecule has 4 N–H and O–H groups in total. The van der Waals surface area contributed by atoms with Gasteiger partial charge in [-0.25, -0.2) is 0 Å². The summed E-state index contributed by atoms with van der Waals surface area (Å²) in [6.07, 6.45) is 0. The zero-order valence-electron chi connectivity index (χ0n) is 8.03. The molecular formula is C10H14N2O2. The molecule has 0 aliphatic carbocycles. The number of rotatable bonds is 3. The number of hydrogen-bond donors (Lipinski definition) is 3. The quantitative estimate of drug-likeness (QED) is 0.654. The summed E-state index contributed by atoms with van der Waals surface area (Å²) in [6.45, 7) is 1.62. The van der Waals surface area contributed by atoms with Crippen molar-refractivity contribution < 1.29 is 9.90 Å². The first-order valence-corrected chi connectivity index (χ1v) is 4.39. The second-order valence-electron chi connectivity index (χ2n) is 3.13. The smallest absolute Gasteiger partial charge is 0.240 e. The Morgan fingerprint density at radius 1 is 1.50 bits per heavy atom. The summed E-state index contributed by atoms with van der Waals surface area (Å²) in [5, 5.41) is 11.4. The lowest BCUT2D eigenvalue weighted by Gasteiger charge is -2.07. The van der Waals surface area contributed by atoms with E-state index >= 15 is 0 Å². The number of carbonyl (C=O) groups is 1. The SMILES string of the molecule is C[C@H](N)C(=O)Nc1ccc(CO)cc1. The van der Waals surface area contributed by atoms with E-state index in [9.17, 15) is 4.79 Å². The van der Waals surface area contributed by atoms with Crippen LogP contribution in [0.1, 0.15) is 12.5 Å². The van der Waals surface area contributed by atoms with Gasteiger partial charge >= 0.3 is 0 Å². The number of hydrogen-bond acceptors (Lipinski definition) is 3. The number of nitrogens with one attached hydrogen (secondary N) is 1. The van der Waals surface area contributed by atoms with Gasteiger partial charge in [0.05, 0.1) is 12.6 Å². The van der Waals surface area contributed by atoms with Crippen LogP contribution in [0.2, 0.25) is 0 Å². The first kappa shape index (κ1) is 10.7. The van der Waals surface area contributed by atoms with E-state index in [2.05, 4.69) is 5.32 Å². The molecule has 1 atom stereocenters. The predicted octanol–water partition coefficient (Wildman–Crippen LogP) is 0.465. The van der Waals surface area contributed by atoms with Gasteiger partial charge in [-0.05, 0) is 24.6 Å². The van der Waals surface area contributed by atoms with Gasteiger partial charge in [0.15, 0.2) is 0 Å². The summed E-state index contributed by atoms with van der Waals surface area (Å²) >= 11 is 0. The molecule has 0 aliphatic rings. The molecule has 14 heavy (non-hydrogen) atoms. The van der Waals surface area contributed by atoms with Gasteiger partial charge in [-0.2, -0.15) is 0 Å². The minimum absolute atomic E-state index is 0.00151. The minimum atomic E-state index is -0.521. The van der Waals surface area contributed by atoms with E-state index in [1.807, 2.05) is 0 Å². The largest absolute Gasteiger partial charge is 0.392 e. The number of aliphatic hydroxyl groups excluding tert-OH is 1. The molecule has 0 heterocycles. The molecule has 0 radical (unpaired) electrons. The monoisotopic (exact) mass is 194 g/mol. The zero-order chi connectivity index (χ0) is 10.6. The Labute approximate surface area is 82.7 Å². The van der Waals surface area contributed by atoms with Crippen molar-refractivity contribution in [3.8, 4) is 0 Å². The number of amides is 1. The lowest BCUT2D eigenvalue weighted by Crippen LogP contribution is -2.32. The number of nitrogens with two attached hydrogens (primary N) is 1. The summed E-state index contributed by atoms with van der Waals surface area (Å²) in [5.74, 6) is -0.221. The highest BCUT2D eigenvalue weighted by Gasteiger charge is 2.06. The Morgan fingerprint density at radius 3 is 2.50 bits per heavy atom. The zero-order valence-corrected chi connectivity index (χ0v) is 8.03. The van der Waals surface area contributed by atoms with Crippen molar-refractivity contribution in [2.45, 2.75) is 19.6 Å². The van der Waals surface area contributed by atoms with Crippen LogP contribution in [0.4, 0.5) is 5.69 Å². The van der Waals surface area contributed by atoms with Crippen molar-refractivity contribution in [2.24, 2.45) is 5.73 Å². The molecule has 1 rings (SSSR count). The van der Waals surface area contributed by atoms with E-state index in [0.717, 1.165) is 5.56 Å². The molecule has 4 heteroatoms. The maximum absolute atomic E-state index is 11.2. The lowest BCUT2D eigenvalue weighted by molar-refractivity contribution is -0.117. The van der Waals surface area contributed by atoms with Crippen molar-refractivity contribution in [1.29, 1.82) is 0 Å². The van der Waals surface area contributed by atoms with E-state index in [4.69, 9.17) is 10.8 Å². The summed E-state index contributed by atoms with van der Waals surface area (Å²) in [4.78, 5) is 11.2. The average molecular weight is 194 g/mol. The van der Waals surface area contributed by atoms with Crippen LogP contribution < -0.4 is 11.1 Å². The van der Waals surface area contributed by atoms with Gasteiger partial charge in [0.25, 0.3) is 0 Å². The van der Waals surface area contributed by atoms with Crippen LogP contribution in [0.5, 0.6) is 0 Å². The molecule has 0 unspecified atom stereocenters. The van der Waals surface area contributed by atoms with Crippen LogP contribution >= 0.6 is 0 Å². The second-order valence-corrected chi connectivity index (χ2v) is 3.13. The summed E-state index contributed by atoms with van der Waals surface area (Å²) in [5.41, 5.74) is 6.88. The molecule has 0 aliphatic heterocycles. The highest BCUT2D eigenvalue weighted by atomic mass is 16.3. The van der Waals surface area contributed by atoms with Crippen LogP contribution in [0.25, 0.3) is 0 Å². The van der Waals surface area contributed by atoms with E-state index in [1.54, 1.807) is 31.2 Å². The molecule has 4 nitrogen and oxygen atoms in total. The van der Waals surface area contributed by atoms with Crippen LogP contribution in [0.15, 0.2) is 24.3 Å². The molecule has 76 valence electrons. The third-order valence-electron chi connectivity index (χ3n) is 1.82. The Balaban J connectivity index is 2.64. The molecule has 0 fully saturated rings. The van der Waals surface area contributed by atoms with Crippen LogP contribution in [-0.2, 0) is 11.4 Å². The molecule has 0 saturated carbocycles. The molecule has 0 bridgehead atoms. The Kier molecular flexibility index (Phi) is 3.62. The fraction of sp³-hybridized carbons (Fsp3) is 0.300. The topological polar surface area (TPSA) is 75.4 Å². The molecule has 1 aromatic carbocycles. The van der Waals surface area contributed by atoms with Crippen molar-refractivity contribution in [3.63, 3.8) is 0 Å². The molecule has 0 saturated heterocycles. The normalized spacial score (nSPS) is 12.2. The molecule has 0 spiro atoms. The third kappa shape index (κ3) is 2.83. The lowest BCUT2D eigenvalue weighted by atomic mass is 10.2. The fourth-order valence-corrected chi connectivity index (χ4v) is 0.950. The Hall–Kier alpha value is -1.39. The van der Waals surface area contributed by atoms with Gasteiger partial charge in [0, 0.05) is 5.69 Å². The summed E-state index contributed by atoms with van der Waals surface area (Å²) in [7, 11) is 0. The molecular weight excluding hydrogens is 180 g/mol. The van der Waals surface area contributed by atoms with Crippen LogP contribution in [0.3, 0.4) is 0 Å². The van der Waals surface area contributed by atoms with Crippen molar-refractivity contribution in [2.75, 3.05) is 5.32 Å². The highest BCUT2D eigenvalue weighted by molar-refractivity contribution is 5.94. The van der Waals surface area contributed by atoms with Gasteiger partial charge in [0.2, 0.25) is 5.91 Å². The minimum Gasteiger partial charge on any atom is -0.392 e. The van der Waals surface area contributed by atoms with E-state index in [-0.39, 0.29) is 12.5 Å². The van der Waals surface area contributed by atoms with E-state index in [0.29, 0.717) is 5.69 Å². The van der Waals surface area contributed by atoms with Crippen molar-refractivity contribution >= 4 is 11.6 Å². The number of benzene rings is 1. The van der Waals surface area contributed by atoms with Crippen molar-refractivity contribution in [3.05, 3.63) is 29.8 Å². The Morgan fingerprint density at radius 2 is 2.07 bits per heavy atom. The fourth-order valence-electron chi connectivity index (χ4n) is 0.950. The van der Waals surface area contributed by atoms with Crippen molar-refractivity contribution in [1.82, 2.24) is 0 Å². The molecule has 0 aromatic heterocycles. The molecule has 1 aromatic rings. The third-order valence-corrected chi connectivity index (χ3v) is 1.82. The predicted molar refractivity (Wildman–Crippen MR) is 54.6 cm³/mol. The maximum Gasteiger partial charge on any atom is 0.240 e.